The highest BCUT2D eigenvalue weighted by Gasteiger charge is 2.32. The Kier molecular flexibility index (Phi) is 8.16. The van der Waals surface area contributed by atoms with E-state index in [9.17, 15) is 17.8 Å². The number of rotatable bonds is 9. The number of hydrogen-bond acceptors (Lipinski definition) is 8. The first-order valence-corrected chi connectivity index (χ1v) is 10.8. The van der Waals surface area contributed by atoms with Crippen molar-refractivity contribution in [2.24, 2.45) is 5.11 Å². The number of azide groups is 1. The molecule has 0 bridgehead atoms. The molecular formula is C16H18N4O6S3. The second kappa shape index (κ2) is 10.2. The molecule has 0 aliphatic carbocycles. The normalized spacial score (nSPS) is 16.0. The average molecular weight is 459 g/mol. The molecule has 0 aromatic heterocycles. The van der Waals surface area contributed by atoms with E-state index in [0.29, 0.717) is 23.7 Å². The standard InChI is InChI=1S/C16H18N4O6S3/c1-25-14(26-2)4-3-7-20-15(21)12(28-16(20)27)8-10-5-6-11(18-19-17)9-13(10)29(22,23)24/h5-6,8-9,14H,3-4,7H2,1-2H3,(H,22,23,24)/b12-8-. The molecule has 1 aromatic rings. The van der Waals surface area contributed by atoms with Gasteiger partial charge in [0.15, 0.2) is 6.29 Å². The Labute approximate surface area is 177 Å². The highest BCUT2D eigenvalue weighted by Crippen LogP contribution is 2.34. The average Bonchev–Trinajstić information content (AvgIpc) is 2.93. The summed E-state index contributed by atoms with van der Waals surface area (Å²) in [5, 5.41) is 3.32. The van der Waals surface area contributed by atoms with Crippen LogP contribution in [0.15, 0.2) is 33.1 Å². The number of carbonyl (C=O) groups excluding carboxylic acids is 1. The van der Waals surface area contributed by atoms with Gasteiger partial charge in [-0.15, -0.1) is 0 Å². The molecular weight excluding hydrogens is 440 g/mol. The van der Waals surface area contributed by atoms with Gasteiger partial charge in [-0.3, -0.25) is 14.2 Å². The SMILES string of the molecule is COC(CCCN1C(=O)/C(=C/c2ccc(N=[N+]=[N-])cc2S(=O)(=O)O)SC1=S)OC. The van der Waals surface area contributed by atoms with Crippen LogP contribution in [0.2, 0.25) is 0 Å². The Balaban J connectivity index is 2.26. The van der Waals surface area contributed by atoms with Crippen LogP contribution in [0.1, 0.15) is 18.4 Å². The third-order valence-electron chi connectivity index (χ3n) is 3.94. The van der Waals surface area contributed by atoms with Crippen molar-refractivity contribution in [2.75, 3.05) is 20.8 Å². The van der Waals surface area contributed by atoms with E-state index in [1.165, 1.54) is 37.3 Å². The second-order valence-corrected chi connectivity index (χ2v) is 8.83. The van der Waals surface area contributed by atoms with Crippen LogP contribution in [-0.4, -0.2) is 55.2 Å². The van der Waals surface area contributed by atoms with Gasteiger partial charge in [-0.2, -0.15) is 8.42 Å². The van der Waals surface area contributed by atoms with Crippen LogP contribution in [0.4, 0.5) is 5.69 Å². The van der Waals surface area contributed by atoms with Crippen LogP contribution >= 0.6 is 24.0 Å². The minimum atomic E-state index is -4.61. The van der Waals surface area contributed by atoms with Crippen molar-refractivity contribution in [3.05, 3.63) is 39.1 Å². The van der Waals surface area contributed by atoms with Gasteiger partial charge >= 0.3 is 0 Å². The number of methoxy groups -OCH3 is 2. The van der Waals surface area contributed by atoms with Crippen LogP contribution in [0.5, 0.6) is 0 Å². The molecule has 1 aliphatic rings. The van der Waals surface area contributed by atoms with E-state index >= 15 is 0 Å². The molecule has 2 rings (SSSR count). The zero-order valence-electron chi connectivity index (χ0n) is 15.5. The lowest BCUT2D eigenvalue weighted by molar-refractivity contribution is -0.123. The zero-order chi connectivity index (χ0) is 21.6. The maximum atomic E-state index is 12.7. The Morgan fingerprint density at radius 2 is 2.10 bits per heavy atom. The van der Waals surface area contributed by atoms with Crippen LogP contribution in [0.25, 0.3) is 16.5 Å². The maximum Gasteiger partial charge on any atom is 0.295 e. The van der Waals surface area contributed by atoms with Gasteiger partial charge in [-0.05, 0) is 29.7 Å². The molecule has 0 spiro atoms. The number of ether oxygens (including phenoxy) is 2. The van der Waals surface area contributed by atoms with E-state index in [1.54, 1.807) is 0 Å². The zero-order valence-corrected chi connectivity index (χ0v) is 18.0. The highest BCUT2D eigenvalue weighted by atomic mass is 32.2. The van der Waals surface area contributed by atoms with Gasteiger partial charge in [-0.25, -0.2) is 0 Å². The predicted octanol–water partition coefficient (Wildman–Crippen LogP) is 3.48. The van der Waals surface area contributed by atoms with Gasteiger partial charge in [0.2, 0.25) is 0 Å². The monoisotopic (exact) mass is 458 g/mol. The molecule has 0 radical (unpaired) electrons. The van der Waals surface area contributed by atoms with E-state index in [-0.39, 0.29) is 28.4 Å². The molecule has 156 valence electrons. The summed E-state index contributed by atoms with van der Waals surface area (Å²) in [5.74, 6) is -0.369. The Hall–Kier alpha value is -1.99. The number of thiocarbonyl (C=S) groups is 1. The lowest BCUT2D eigenvalue weighted by atomic mass is 10.2. The van der Waals surface area contributed by atoms with Gasteiger partial charge in [0.1, 0.15) is 9.22 Å². The maximum absolute atomic E-state index is 12.7. The Morgan fingerprint density at radius 1 is 1.41 bits per heavy atom. The van der Waals surface area contributed by atoms with Crippen molar-refractivity contribution in [2.45, 2.75) is 24.0 Å². The number of nitrogens with zero attached hydrogens (tertiary/aromatic N) is 4. The minimum absolute atomic E-state index is 0.00987. The molecule has 1 saturated heterocycles. The van der Waals surface area contributed by atoms with Gasteiger partial charge in [0.05, 0.1) is 4.91 Å². The molecule has 1 aromatic carbocycles. The van der Waals surface area contributed by atoms with Crippen molar-refractivity contribution in [1.29, 1.82) is 0 Å². The third-order valence-corrected chi connectivity index (χ3v) is 6.23. The van der Waals surface area contributed by atoms with Gasteiger partial charge in [0, 0.05) is 37.8 Å². The highest BCUT2D eigenvalue weighted by molar-refractivity contribution is 8.26. The quantitative estimate of drug-likeness (QED) is 0.113. The summed E-state index contributed by atoms with van der Waals surface area (Å²) in [5.41, 5.74) is 8.58. The van der Waals surface area contributed by atoms with E-state index in [1.807, 2.05) is 0 Å². The smallest absolute Gasteiger partial charge is 0.295 e. The Bertz CT molecular complexity index is 984. The minimum Gasteiger partial charge on any atom is -0.356 e. The number of benzene rings is 1. The van der Waals surface area contributed by atoms with Crippen LogP contribution < -0.4 is 0 Å². The summed E-state index contributed by atoms with van der Waals surface area (Å²) in [4.78, 5) is 16.4. The van der Waals surface area contributed by atoms with E-state index in [0.717, 1.165) is 17.8 Å². The fraction of sp³-hybridized carbons (Fsp3) is 0.375. The molecule has 13 heteroatoms. The molecule has 0 saturated carbocycles. The summed E-state index contributed by atoms with van der Waals surface area (Å²) in [6, 6.07) is 3.73. The van der Waals surface area contributed by atoms with Crippen LogP contribution in [-0.2, 0) is 24.4 Å². The van der Waals surface area contributed by atoms with Gasteiger partial charge in [-0.1, -0.05) is 41.2 Å². The van der Waals surface area contributed by atoms with E-state index in [4.69, 9.17) is 27.2 Å². The first-order chi connectivity index (χ1) is 13.7. The van der Waals surface area contributed by atoms with Crippen molar-refractivity contribution in [3.8, 4) is 0 Å². The molecule has 10 nitrogen and oxygen atoms in total. The number of carbonyl (C=O) groups is 1. The van der Waals surface area contributed by atoms with Crippen LogP contribution in [0.3, 0.4) is 0 Å². The lowest BCUT2D eigenvalue weighted by Gasteiger charge is -2.17. The van der Waals surface area contributed by atoms with E-state index < -0.39 is 15.0 Å². The third kappa shape index (κ3) is 6.00. The summed E-state index contributed by atoms with van der Waals surface area (Å²) < 4.78 is 43.4. The predicted molar refractivity (Wildman–Crippen MR) is 112 cm³/mol. The lowest BCUT2D eigenvalue weighted by Crippen LogP contribution is -2.30. The fourth-order valence-corrected chi connectivity index (χ4v) is 4.56. The summed E-state index contributed by atoms with van der Waals surface area (Å²) in [7, 11) is -1.56. The Morgan fingerprint density at radius 3 is 2.69 bits per heavy atom. The second-order valence-electron chi connectivity index (χ2n) is 5.76. The van der Waals surface area contributed by atoms with Crippen LogP contribution in [0, 0.1) is 0 Å². The van der Waals surface area contributed by atoms with Crippen molar-refractivity contribution >= 4 is 56.1 Å². The van der Waals surface area contributed by atoms with Gasteiger partial charge < -0.3 is 9.47 Å². The molecule has 1 fully saturated rings. The first-order valence-electron chi connectivity index (χ1n) is 8.19. The number of thioether (sulfide) groups is 1. The van der Waals surface area contributed by atoms with E-state index in [2.05, 4.69) is 10.0 Å². The molecule has 0 unspecified atom stereocenters. The molecule has 29 heavy (non-hydrogen) atoms. The molecule has 1 amide bonds. The first kappa shape index (κ1) is 23.3. The topological polar surface area (TPSA) is 142 Å². The van der Waals surface area contributed by atoms with Crippen molar-refractivity contribution in [3.63, 3.8) is 0 Å². The summed E-state index contributed by atoms with van der Waals surface area (Å²) in [6.45, 7) is 0.353. The van der Waals surface area contributed by atoms with Crippen molar-refractivity contribution in [1.82, 2.24) is 4.90 Å². The van der Waals surface area contributed by atoms with Gasteiger partial charge in [0.25, 0.3) is 16.0 Å². The molecule has 1 aliphatic heterocycles. The summed E-state index contributed by atoms with van der Waals surface area (Å²) >= 11 is 6.28. The molecule has 0 atom stereocenters. The number of hydrogen-bond donors (Lipinski definition) is 1. The summed E-state index contributed by atoms with van der Waals surface area (Å²) in [6.07, 6.45) is 2.10. The van der Waals surface area contributed by atoms with Crippen molar-refractivity contribution < 1.29 is 27.2 Å². The number of amides is 1. The molecule has 1 N–H and O–H groups in total. The molecule has 1 heterocycles. The fourth-order valence-electron chi connectivity index (χ4n) is 2.56. The largest absolute Gasteiger partial charge is 0.356 e.